The summed E-state index contributed by atoms with van der Waals surface area (Å²) in [6.07, 6.45) is 3.19. The highest BCUT2D eigenvalue weighted by Gasteiger charge is 2.33. The molecule has 0 bridgehead atoms. The molecule has 1 aromatic carbocycles. The topological polar surface area (TPSA) is 83.0 Å². The van der Waals surface area contributed by atoms with Crippen molar-refractivity contribution in [2.45, 2.75) is 19.9 Å². The summed E-state index contributed by atoms with van der Waals surface area (Å²) in [5.41, 5.74) is 1.30. The van der Waals surface area contributed by atoms with Crippen LogP contribution in [0.2, 0.25) is 0 Å². The standard InChI is InChI=1S/C24H22N2O5S/c1-5-12-30-23(28)20-15(3)25-24-26(21(20)16-7-10-17(29-4)11-8-16)22(27)19(32-24)13-18-9-6-14(2)31-18/h5-11,13,21H,1,12H2,2-4H3/b19-13-. The van der Waals surface area contributed by atoms with Gasteiger partial charge in [-0.25, -0.2) is 9.79 Å². The molecular weight excluding hydrogens is 428 g/mol. The lowest BCUT2D eigenvalue weighted by atomic mass is 9.96. The number of esters is 1. The number of carbonyl (C=O) groups is 1. The Morgan fingerprint density at radius 2 is 2.00 bits per heavy atom. The van der Waals surface area contributed by atoms with Crippen LogP contribution in [0.3, 0.4) is 0 Å². The first-order valence-electron chi connectivity index (χ1n) is 9.94. The molecule has 1 aliphatic heterocycles. The number of ether oxygens (including phenoxy) is 2. The van der Waals surface area contributed by atoms with Crippen molar-refractivity contribution in [2.75, 3.05) is 13.7 Å². The van der Waals surface area contributed by atoms with E-state index in [-0.39, 0.29) is 12.2 Å². The van der Waals surface area contributed by atoms with Gasteiger partial charge in [-0.2, -0.15) is 0 Å². The van der Waals surface area contributed by atoms with E-state index in [1.807, 2.05) is 25.1 Å². The first-order chi connectivity index (χ1) is 15.4. The summed E-state index contributed by atoms with van der Waals surface area (Å²) in [4.78, 5) is 31.5. The van der Waals surface area contributed by atoms with Gasteiger partial charge in [0.1, 0.15) is 23.9 Å². The molecule has 3 aromatic rings. The van der Waals surface area contributed by atoms with E-state index in [1.54, 1.807) is 38.3 Å². The molecular formula is C24H22N2O5S. The zero-order valence-electron chi connectivity index (χ0n) is 18.0. The fourth-order valence-corrected chi connectivity index (χ4v) is 4.58. The number of fused-ring (bicyclic) bond motifs is 1. The van der Waals surface area contributed by atoms with E-state index in [0.29, 0.717) is 32.1 Å². The molecule has 1 atom stereocenters. The number of thiazole rings is 1. The van der Waals surface area contributed by atoms with Crippen molar-refractivity contribution in [1.82, 2.24) is 4.57 Å². The molecule has 0 saturated heterocycles. The van der Waals surface area contributed by atoms with Crippen molar-refractivity contribution < 1.29 is 18.7 Å². The van der Waals surface area contributed by atoms with E-state index >= 15 is 0 Å². The minimum Gasteiger partial charge on any atom is -0.497 e. The minimum absolute atomic E-state index is 0.0627. The Bertz CT molecular complexity index is 1390. The molecule has 0 spiro atoms. The van der Waals surface area contributed by atoms with E-state index in [9.17, 15) is 9.59 Å². The second-order valence-corrected chi connectivity index (χ2v) is 8.20. The molecule has 0 aliphatic carbocycles. The summed E-state index contributed by atoms with van der Waals surface area (Å²) in [5.74, 6) is 1.46. The quantitative estimate of drug-likeness (QED) is 0.426. The molecule has 1 unspecified atom stereocenters. The highest BCUT2D eigenvalue weighted by Crippen LogP contribution is 2.31. The van der Waals surface area contributed by atoms with Crippen LogP contribution in [-0.2, 0) is 9.53 Å². The molecule has 4 rings (SSSR count). The number of allylic oxidation sites excluding steroid dienone is 1. The predicted octanol–water partition coefficient (Wildman–Crippen LogP) is 2.87. The van der Waals surface area contributed by atoms with Crippen LogP contribution in [0.4, 0.5) is 0 Å². The lowest BCUT2D eigenvalue weighted by Gasteiger charge is -2.24. The molecule has 3 heterocycles. The lowest BCUT2D eigenvalue weighted by molar-refractivity contribution is -0.138. The number of rotatable bonds is 6. The number of nitrogens with zero attached hydrogens (tertiary/aromatic N) is 2. The van der Waals surface area contributed by atoms with Crippen LogP contribution >= 0.6 is 11.3 Å². The van der Waals surface area contributed by atoms with Gasteiger partial charge in [-0.1, -0.05) is 36.1 Å². The third-order valence-electron chi connectivity index (χ3n) is 5.04. The lowest BCUT2D eigenvalue weighted by Crippen LogP contribution is -2.39. The van der Waals surface area contributed by atoms with Crippen LogP contribution in [0.25, 0.3) is 6.08 Å². The maximum absolute atomic E-state index is 13.4. The van der Waals surface area contributed by atoms with E-state index in [1.165, 1.54) is 22.0 Å². The second kappa shape index (κ2) is 8.84. The van der Waals surface area contributed by atoms with Gasteiger partial charge in [0, 0.05) is 6.08 Å². The van der Waals surface area contributed by atoms with E-state index in [2.05, 4.69) is 11.6 Å². The van der Waals surface area contributed by atoms with E-state index in [0.717, 1.165) is 11.3 Å². The Morgan fingerprint density at radius 3 is 2.62 bits per heavy atom. The van der Waals surface area contributed by atoms with Gasteiger partial charge >= 0.3 is 5.97 Å². The number of aryl methyl sites for hydroxylation is 1. The molecule has 0 radical (unpaired) electrons. The van der Waals surface area contributed by atoms with Gasteiger partial charge in [0.15, 0.2) is 4.80 Å². The zero-order chi connectivity index (χ0) is 22.8. The highest BCUT2D eigenvalue weighted by molar-refractivity contribution is 7.07. The van der Waals surface area contributed by atoms with Gasteiger partial charge in [0.2, 0.25) is 0 Å². The molecule has 1 aliphatic rings. The van der Waals surface area contributed by atoms with Crippen molar-refractivity contribution in [2.24, 2.45) is 4.99 Å². The number of aromatic nitrogens is 1. The fraction of sp³-hybridized carbons (Fsp3) is 0.208. The van der Waals surface area contributed by atoms with Gasteiger partial charge in [0.25, 0.3) is 5.56 Å². The summed E-state index contributed by atoms with van der Waals surface area (Å²) < 4.78 is 18.2. The average molecular weight is 451 g/mol. The third-order valence-corrected chi connectivity index (χ3v) is 6.02. The van der Waals surface area contributed by atoms with Crippen LogP contribution < -0.4 is 19.6 Å². The minimum atomic E-state index is -0.685. The molecule has 0 saturated carbocycles. The normalized spacial score (nSPS) is 15.8. The Kier molecular flexibility index (Phi) is 5.96. The third kappa shape index (κ3) is 3.97. The number of methoxy groups -OCH3 is 1. The second-order valence-electron chi connectivity index (χ2n) is 7.19. The summed E-state index contributed by atoms with van der Waals surface area (Å²) in [7, 11) is 1.58. The van der Waals surface area contributed by atoms with Crippen LogP contribution in [0.15, 0.2) is 74.5 Å². The monoisotopic (exact) mass is 450 g/mol. The van der Waals surface area contributed by atoms with Crippen molar-refractivity contribution in [3.63, 3.8) is 0 Å². The van der Waals surface area contributed by atoms with Crippen LogP contribution in [0.5, 0.6) is 5.75 Å². The van der Waals surface area contributed by atoms with Crippen molar-refractivity contribution in [3.8, 4) is 5.75 Å². The average Bonchev–Trinajstić information content (AvgIpc) is 3.33. The zero-order valence-corrected chi connectivity index (χ0v) is 18.8. The number of furan rings is 1. The van der Waals surface area contributed by atoms with Gasteiger partial charge in [-0.3, -0.25) is 9.36 Å². The van der Waals surface area contributed by atoms with Gasteiger partial charge in [0.05, 0.1) is 29.0 Å². The van der Waals surface area contributed by atoms with Crippen LogP contribution in [0.1, 0.15) is 30.0 Å². The highest BCUT2D eigenvalue weighted by atomic mass is 32.1. The summed E-state index contributed by atoms with van der Waals surface area (Å²) in [6.45, 7) is 7.24. The number of carbonyl (C=O) groups excluding carboxylic acids is 1. The number of hydrogen-bond donors (Lipinski definition) is 0. The summed E-state index contributed by atoms with van der Waals surface area (Å²) in [5, 5.41) is 0. The smallest absolute Gasteiger partial charge is 0.338 e. The first kappa shape index (κ1) is 21.6. The SMILES string of the molecule is C=CCOC(=O)C1=C(C)N=c2s/c(=C\c3ccc(C)o3)c(=O)n2C1c1ccc(OC)cc1. The van der Waals surface area contributed by atoms with Crippen molar-refractivity contribution >= 4 is 23.4 Å². The predicted molar refractivity (Wildman–Crippen MR) is 121 cm³/mol. The van der Waals surface area contributed by atoms with Gasteiger partial charge < -0.3 is 13.9 Å². The number of benzene rings is 1. The van der Waals surface area contributed by atoms with Crippen LogP contribution in [-0.4, -0.2) is 24.3 Å². The molecule has 0 N–H and O–H groups in total. The van der Waals surface area contributed by atoms with Crippen molar-refractivity contribution in [3.05, 3.63) is 97.1 Å². The van der Waals surface area contributed by atoms with Gasteiger partial charge in [-0.15, -0.1) is 0 Å². The Morgan fingerprint density at radius 1 is 1.25 bits per heavy atom. The molecule has 8 heteroatoms. The van der Waals surface area contributed by atoms with Crippen molar-refractivity contribution in [1.29, 1.82) is 0 Å². The molecule has 7 nitrogen and oxygen atoms in total. The molecule has 0 fully saturated rings. The number of hydrogen-bond acceptors (Lipinski definition) is 7. The molecule has 2 aromatic heterocycles. The summed E-state index contributed by atoms with van der Waals surface area (Å²) >= 11 is 1.25. The van der Waals surface area contributed by atoms with Crippen LogP contribution in [0, 0.1) is 6.92 Å². The molecule has 164 valence electrons. The van der Waals surface area contributed by atoms with Gasteiger partial charge in [-0.05, 0) is 43.7 Å². The maximum atomic E-state index is 13.4. The Hall–Kier alpha value is -3.65. The Balaban J connectivity index is 1.92. The summed E-state index contributed by atoms with van der Waals surface area (Å²) in [6, 6.07) is 10.2. The first-order valence-corrected chi connectivity index (χ1v) is 10.8. The fourth-order valence-electron chi connectivity index (χ4n) is 3.56. The largest absolute Gasteiger partial charge is 0.497 e. The maximum Gasteiger partial charge on any atom is 0.338 e. The Labute approximate surface area is 188 Å². The molecule has 32 heavy (non-hydrogen) atoms. The van der Waals surface area contributed by atoms with E-state index < -0.39 is 12.0 Å². The molecule has 0 amide bonds. The van der Waals surface area contributed by atoms with E-state index in [4.69, 9.17) is 13.9 Å².